The second-order valence-electron chi connectivity index (χ2n) is 35.1. The van der Waals surface area contributed by atoms with Crippen molar-refractivity contribution < 1.29 is 321 Å². The van der Waals surface area contributed by atoms with Gasteiger partial charge in [0.1, 0.15) is 0 Å². The molecule has 0 heterocycles. The van der Waals surface area contributed by atoms with Gasteiger partial charge in [0.15, 0.2) is 0 Å². The molecule has 0 radical (unpaired) electrons. The van der Waals surface area contributed by atoms with Crippen molar-refractivity contribution in [1.29, 1.82) is 0 Å². The zero-order valence-corrected chi connectivity index (χ0v) is 77.8. The molecule has 0 fully saturated rings. The number of halogens is 70. The molecule has 0 saturated heterocycles. The molecule has 0 spiro atoms. The first-order valence-electron chi connectivity index (χ1n) is 42.5. The van der Waals surface area contributed by atoms with E-state index in [9.17, 15) is 26.3 Å². The van der Waals surface area contributed by atoms with Crippen molar-refractivity contribution in [3.8, 4) is 0 Å². The van der Waals surface area contributed by atoms with Gasteiger partial charge in [0.25, 0.3) is 0 Å². The third-order valence-corrected chi connectivity index (χ3v) is 27.1. The zero-order valence-electron chi connectivity index (χ0n) is 76.8. The van der Waals surface area contributed by atoms with Crippen LogP contribution >= 0.6 is 0 Å². The molecule has 0 amide bonds. The topological polar surface area (TPSA) is 27.7 Å². The second-order valence-corrected chi connectivity index (χ2v) is 37.7. The monoisotopic (exact) mass is 2400 g/mol. The Hall–Kier alpha value is -4.80. The van der Waals surface area contributed by atoms with E-state index in [-0.39, 0.29) is 48.5 Å². The van der Waals surface area contributed by atoms with Crippen LogP contribution < -0.4 is 0 Å². The normalized spacial score (nSPS) is 17.0. The highest BCUT2D eigenvalue weighted by Crippen LogP contribution is 2.72. The number of rotatable bonds is 70. The summed E-state index contributed by atoms with van der Waals surface area (Å²) in [6, 6.07) is -4.76. The van der Waals surface area contributed by atoms with Crippen molar-refractivity contribution in [3.63, 3.8) is 0 Å². The van der Waals surface area contributed by atoms with E-state index in [1.165, 1.54) is 0 Å². The molecule has 0 bridgehead atoms. The first-order chi connectivity index (χ1) is 65.3. The largest absolute Gasteiger partial charge is 0.501 e. The van der Waals surface area contributed by atoms with Crippen molar-refractivity contribution >= 4 is 8.80 Å². The van der Waals surface area contributed by atoms with Crippen molar-refractivity contribution in [2.24, 2.45) is 5.41 Å². The molecule has 0 N–H and O–H groups in total. The summed E-state index contributed by atoms with van der Waals surface area (Å²) in [5.74, 6) is -304. The van der Waals surface area contributed by atoms with Gasteiger partial charge in [0.05, 0.1) is 5.60 Å². The lowest BCUT2D eigenvalue weighted by Crippen LogP contribution is -2.69. The molecule has 0 aromatic heterocycles. The van der Waals surface area contributed by atoms with Gasteiger partial charge >= 0.3 is 216 Å². The molecule has 0 aliphatic carbocycles. The minimum Gasteiger partial charge on any atom is -0.374 e. The van der Waals surface area contributed by atoms with Crippen molar-refractivity contribution in [2.75, 3.05) is 6.61 Å². The summed E-state index contributed by atoms with van der Waals surface area (Å²) in [5.41, 5.74) is -16.0. The van der Waals surface area contributed by atoms with Gasteiger partial charge in [-0.25, -0.2) is 0 Å². The van der Waals surface area contributed by atoms with Crippen LogP contribution in [0.25, 0.3) is 0 Å². The quantitative estimate of drug-likeness (QED) is 0.0449. The summed E-state index contributed by atoms with van der Waals surface area (Å²) in [6.07, 6.45) is -111. The van der Waals surface area contributed by atoms with E-state index in [0.717, 1.165) is 0 Å². The molecular formula is C76H86F70O3Si. The third kappa shape index (κ3) is 24.0. The van der Waals surface area contributed by atoms with Gasteiger partial charge in [-0.3, -0.25) is 0 Å². The van der Waals surface area contributed by atoms with Crippen LogP contribution in [0.15, 0.2) is 0 Å². The first-order valence-corrected chi connectivity index (χ1v) is 44.5. The molecule has 0 aromatic carbocycles. The maximum atomic E-state index is 17.4. The van der Waals surface area contributed by atoms with E-state index in [4.69, 9.17) is 0 Å². The predicted octanol–water partition coefficient (Wildman–Crippen LogP) is 37.0. The van der Waals surface area contributed by atoms with Crippen LogP contribution in [0.2, 0.25) is 6.04 Å². The van der Waals surface area contributed by atoms with E-state index < -0.39 is 433 Å². The SMILES string of the molecule is CCCC(F)(F)C(F)(F)C(F)(F)C(F)(F)C(F)(F)CCC(C)O[Si](CCC(F)(F)C(F)(F)C(F)(F)C(F)(F)C(F)(F)CCC)(OCC)OC(CCC(F)(F)C(F)(F)C(F)(F)C(F)(F)C(F)(F)CCC)(CCC(F)(F)C(F)(F)C(F)(F)C(F)(F)C(F)(F)CCC)C(CCC(F)(F)C(F)(F)C(F)(F)C(F)(F)C(F)(F)CCC)(CCC(F)(F)C(F)(F)C(F)(F)C(F)(F)C(F)(F)CCC)CCC(F)(F)C(F)(F)C(F)(F)C(F)(F)C(F)(F)CCC. The van der Waals surface area contributed by atoms with Gasteiger partial charge in [-0.15, -0.1) is 0 Å². The second kappa shape index (κ2) is 44.4. The van der Waals surface area contributed by atoms with Crippen molar-refractivity contribution in [1.82, 2.24) is 0 Å². The summed E-state index contributed by atoms with van der Waals surface area (Å²) < 4.78 is 1130. The van der Waals surface area contributed by atoms with Gasteiger partial charge in [-0.2, -0.15) is 307 Å². The molecular weight excluding hydrogens is 2320 g/mol. The highest BCUT2D eigenvalue weighted by Gasteiger charge is 2.94. The average Bonchev–Trinajstić information content (AvgIpc) is 0.710. The van der Waals surface area contributed by atoms with Gasteiger partial charge in [-0.05, 0) is 57.8 Å². The minimum absolute atomic E-state index is 0.0355. The number of hydrogen-bond acceptors (Lipinski definition) is 3. The fourth-order valence-corrected chi connectivity index (χ4v) is 18.0. The average molecular weight is 2410 g/mol. The Balaban J connectivity index is 13.7. The van der Waals surface area contributed by atoms with Crippen LogP contribution in [-0.4, -0.2) is 234 Å². The summed E-state index contributed by atoms with van der Waals surface area (Å²) in [5, 5.41) is 0. The van der Waals surface area contributed by atoms with Crippen LogP contribution in [0, 0.1) is 5.41 Å². The molecule has 0 rings (SSSR count). The van der Waals surface area contributed by atoms with E-state index in [1.807, 2.05) is 0 Å². The minimum atomic E-state index is -9.97. The molecule has 0 aliphatic heterocycles. The highest BCUT2D eigenvalue weighted by atomic mass is 28.4. The fourth-order valence-electron chi connectivity index (χ4n) is 14.7. The van der Waals surface area contributed by atoms with E-state index >= 15 is 281 Å². The van der Waals surface area contributed by atoms with Crippen LogP contribution in [0.5, 0.6) is 0 Å². The lowest BCUT2D eigenvalue weighted by atomic mass is 9.58. The first kappa shape index (κ1) is 145. The maximum absolute atomic E-state index is 17.4. The van der Waals surface area contributed by atoms with Gasteiger partial charge in [-0.1, -0.05) is 93.4 Å². The molecule has 0 aliphatic rings. The molecule has 74 heteroatoms. The molecule has 150 heavy (non-hydrogen) atoms. The number of alkyl halides is 70. The molecule has 2 atom stereocenters. The maximum Gasteiger partial charge on any atom is 0.501 e. The van der Waals surface area contributed by atoms with E-state index in [2.05, 4.69) is 13.3 Å². The van der Waals surface area contributed by atoms with Crippen LogP contribution in [0.1, 0.15) is 236 Å². The molecule has 0 aromatic rings. The molecule has 3 nitrogen and oxygen atoms in total. The van der Waals surface area contributed by atoms with Gasteiger partial charge in [0.2, 0.25) is 0 Å². The van der Waals surface area contributed by atoms with Crippen molar-refractivity contribution in [2.45, 2.75) is 461 Å². The summed E-state index contributed by atoms with van der Waals surface area (Å²) in [4.78, 5) is 0. The van der Waals surface area contributed by atoms with Crippen molar-refractivity contribution in [3.05, 3.63) is 0 Å². The summed E-state index contributed by atoms with van der Waals surface area (Å²) in [6.45, 7) is -4.91. The molecule has 2 unspecified atom stereocenters. The standard InChI is InChI=1S/C76H86F70O3Si/c1-10-19-42(77,78)56(105,106)70(133,134)63(119,120)49(91,92)26-18-39(9)148-150(147-17-8,38-37-55(103,104)69(131,132)76(145,146)62(117,118)48(89,90)25-16-7)149-41(30-35-53(99,100)67(127,128)74(141,142)60(113,114)46(85,86)23-14-5,31-36-54(101,102)68(129,130)75(143,144)61(115,116)47(87,88)24-15-6)40(27-32-50(93,94)64(121,122)71(135,136)57(107,108)43(79,80)20-11-2,28-33-51(95,96)65(123,124)72(137,138)58(109,110)44(81,82)21-12-3)29-34-52(97,98)66(125,126)73(139,140)59(111,112)45(83,84)22-13-4/h39H,10-38H2,1-9H3. The van der Waals surface area contributed by atoms with Gasteiger partial charge in [0, 0.05) is 109 Å². The Morgan fingerprint density at radius 3 is 0.440 bits per heavy atom. The predicted molar refractivity (Wildman–Crippen MR) is 377 cm³/mol. The Kier molecular flexibility index (Phi) is 42.9. The number of hydrogen-bond donors (Lipinski definition) is 0. The summed E-state index contributed by atoms with van der Waals surface area (Å²) >= 11 is 0. The van der Waals surface area contributed by atoms with Gasteiger partial charge < -0.3 is 13.3 Å². The Morgan fingerprint density at radius 2 is 0.293 bits per heavy atom. The van der Waals surface area contributed by atoms with Crippen LogP contribution in [-0.2, 0) is 13.3 Å². The Labute approximate surface area is 801 Å². The lowest BCUT2D eigenvalue weighted by Gasteiger charge is -2.56. The molecule has 902 valence electrons. The van der Waals surface area contributed by atoms with Crippen LogP contribution in [0.4, 0.5) is 307 Å². The third-order valence-electron chi connectivity index (χ3n) is 24.0. The Bertz CT molecular complexity index is 4020. The summed E-state index contributed by atoms with van der Waals surface area (Å²) in [7, 11) is -9.97. The molecule has 0 saturated carbocycles. The lowest BCUT2D eigenvalue weighted by molar-refractivity contribution is -0.406. The zero-order chi connectivity index (χ0) is 121. The smallest absolute Gasteiger partial charge is 0.374 e. The Morgan fingerprint density at radius 1 is 0.160 bits per heavy atom. The van der Waals surface area contributed by atoms with E-state index in [0.29, 0.717) is 0 Å². The van der Waals surface area contributed by atoms with E-state index in [1.54, 1.807) is 0 Å². The van der Waals surface area contributed by atoms with Crippen LogP contribution in [0.3, 0.4) is 0 Å². The fraction of sp³-hybridized carbons (Fsp3) is 1.00. The highest BCUT2D eigenvalue weighted by molar-refractivity contribution is 6.61.